The van der Waals surface area contributed by atoms with E-state index in [-0.39, 0.29) is 15.6 Å². The molecule has 160 valence electrons. The number of hydrogen-bond acceptors (Lipinski definition) is 6. The fourth-order valence-electron chi connectivity index (χ4n) is 3.73. The normalized spacial score (nSPS) is 11.8. The molecule has 2 aromatic heterocycles. The van der Waals surface area contributed by atoms with E-state index in [0.717, 1.165) is 16.8 Å². The highest BCUT2D eigenvalue weighted by molar-refractivity contribution is 7.91. The van der Waals surface area contributed by atoms with Crippen molar-refractivity contribution in [2.75, 3.05) is 5.32 Å². The van der Waals surface area contributed by atoms with E-state index in [4.69, 9.17) is 11.6 Å². The van der Waals surface area contributed by atoms with Gasteiger partial charge in [0.2, 0.25) is 14.9 Å². The zero-order valence-electron chi connectivity index (χ0n) is 17.2. The number of anilines is 2. The van der Waals surface area contributed by atoms with Crippen molar-refractivity contribution in [1.29, 1.82) is 0 Å². The number of sulfone groups is 1. The smallest absolute Gasteiger partial charge is 0.229 e. The van der Waals surface area contributed by atoms with Gasteiger partial charge in [-0.05, 0) is 67.4 Å². The average molecular weight is 464 g/mol. The van der Waals surface area contributed by atoms with Gasteiger partial charge in [-0.2, -0.15) is 4.52 Å². The van der Waals surface area contributed by atoms with Crippen molar-refractivity contribution in [2.24, 2.45) is 0 Å². The van der Waals surface area contributed by atoms with Crippen LogP contribution in [0.1, 0.15) is 11.1 Å². The molecule has 0 spiro atoms. The van der Waals surface area contributed by atoms with E-state index in [0.29, 0.717) is 21.7 Å². The summed E-state index contributed by atoms with van der Waals surface area (Å²) < 4.78 is 27.9. The fourth-order valence-corrected chi connectivity index (χ4v) is 5.16. The minimum atomic E-state index is -3.91. The van der Waals surface area contributed by atoms with Gasteiger partial charge in [-0.15, -0.1) is 5.10 Å². The van der Waals surface area contributed by atoms with Crippen LogP contribution in [0.3, 0.4) is 0 Å². The van der Waals surface area contributed by atoms with Gasteiger partial charge < -0.3 is 5.32 Å². The Morgan fingerprint density at radius 1 is 0.938 bits per heavy atom. The molecule has 0 unspecified atom stereocenters. The summed E-state index contributed by atoms with van der Waals surface area (Å²) in [6, 6.07) is 19.4. The molecule has 1 N–H and O–H groups in total. The van der Waals surface area contributed by atoms with Gasteiger partial charge in [-0.3, -0.25) is 0 Å². The quantitative estimate of drug-likeness (QED) is 0.397. The zero-order chi connectivity index (χ0) is 22.5. The molecule has 3 aromatic carbocycles. The van der Waals surface area contributed by atoms with Crippen molar-refractivity contribution in [3.05, 3.63) is 82.9 Å². The van der Waals surface area contributed by atoms with Crippen molar-refractivity contribution >= 4 is 49.5 Å². The first-order valence-corrected chi connectivity index (χ1v) is 11.7. The fraction of sp³-hybridized carbons (Fsp3) is 0.0870. The molecule has 0 radical (unpaired) electrons. The summed E-state index contributed by atoms with van der Waals surface area (Å²) in [6.45, 7) is 4.02. The maximum absolute atomic E-state index is 13.3. The minimum Gasteiger partial charge on any atom is -0.340 e. The molecule has 2 heterocycles. The highest BCUT2D eigenvalue weighted by atomic mass is 35.5. The zero-order valence-corrected chi connectivity index (χ0v) is 18.8. The number of benzene rings is 3. The van der Waals surface area contributed by atoms with E-state index in [1.165, 1.54) is 16.6 Å². The molecule has 0 saturated carbocycles. The molecule has 7 nitrogen and oxygen atoms in total. The summed E-state index contributed by atoms with van der Waals surface area (Å²) in [5.74, 6) is 0.465. The van der Waals surface area contributed by atoms with Crippen LogP contribution in [0.25, 0.3) is 16.6 Å². The molecule has 5 aromatic rings. The first-order valence-electron chi connectivity index (χ1n) is 9.83. The lowest BCUT2D eigenvalue weighted by Gasteiger charge is -2.12. The second kappa shape index (κ2) is 7.58. The predicted molar refractivity (Wildman–Crippen MR) is 124 cm³/mol. The Bertz CT molecular complexity index is 1580. The third kappa shape index (κ3) is 3.47. The van der Waals surface area contributed by atoms with Crippen LogP contribution in [0.2, 0.25) is 5.02 Å². The molecule has 5 rings (SSSR count). The van der Waals surface area contributed by atoms with E-state index in [9.17, 15) is 8.42 Å². The molecule has 0 amide bonds. The largest absolute Gasteiger partial charge is 0.340 e. The molecule has 0 aliphatic rings. The lowest BCUT2D eigenvalue weighted by atomic mass is 10.1. The summed E-state index contributed by atoms with van der Waals surface area (Å²) in [7, 11) is -3.91. The first kappa shape index (κ1) is 20.4. The van der Waals surface area contributed by atoms with Gasteiger partial charge in [0.05, 0.1) is 10.4 Å². The molecule has 32 heavy (non-hydrogen) atoms. The highest BCUT2D eigenvalue weighted by Crippen LogP contribution is 2.31. The van der Waals surface area contributed by atoms with Crippen molar-refractivity contribution in [1.82, 2.24) is 19.8 Å². The van der Waals surface area contributed by atoms with Crippen molar-refractivity contribution < 1.29 is 8.42 Å². The first-order chi connectivity index (χ1) is 15.3. The number of halogens is 1. The highest BCUT2D eigenvalue weighted by Gasteiger charge is 2.27. The summed E-state index contributed by atoms with van der Waals surface area (Å²) in [5.41, 5.74) is 3.79. The molecular formula is C23H18ClN5O2S. The van der Waals surface area contributed by atoms with Gasteiger partial charge in [-0.1, -0.05) is 41.1 Å². The topological polar surface area (TPSA) is 89.2 Å². The summed E-state index contributed by atoms with van der Waals surface area (Å²) in [6.07, 6.45) is 0. The van der Waals surface area contributed by atoms with Gasteiger partial charge in [0, 0.05) is 16.1 Å². The average Bonchev–Trinajstić information content (AvgIpc) is 3.18. The summed E-state index contributed by atoms with van der Waals surface area (Å²) in [5, 5.41) is 12.4. The molecule has 0 bridgehead atoms. The molecule has 0 saturated heterocycles. The number of rotatable bonds is 4. The lowest BCUT2D eigenvalue weighted by molar-refractivity contribution is 0.592. The number of hydrogen-bond donors (Lipinski definition) is 1. The van der Waals surface area contributed by atoms with Crippen LogP contribution in [-0.4, -0.2) is 28.2 Å². The van der Waals surface area contributed by atoms with Crippen LogP contribution in [0.15, 0.2) is 76.7 Å². The minimum absolute atomic E-state index is 0.129. The van der Waals surface area contributed by atoms with Gasteiger partial charge in [-0.25, -0.2) is 13.4 Å². The van der Waals surface area contributed by atoms with Crippen LogP contribution in [0.5, 0.6) is 0 Å². The van der Waals surface area contributed by atoms with E-state index >= 15 is 0 Å². The second-order valence-electron chi connectivity index (χ2n) is 7.57. The number of aromatic nitrogens is 4. The van der Waals surface area contributed by atoms with Crippen molar-refractivity contribution in [2.45, 2.75) is 23.8 Å². The SMILES string of the molecule is Cc1cc(C)cc(Nc2nc3c(S(=O)(=O)c4ccccc4)nnn3c3ccc(Cl)cc23)c1. The van der Waals surface area contributed by atoms with E-state index in [1.807, 2.05) is 26.0 Å². The van der Waals surface area contributed by atoms with Gasteiger partial charge >= 0.3 is 0 Å². The molecule has 0 fully saturated rings. The Morgan fingerprint density at radius 2 is 1.66 bits per heavy atom. The van der Waals surface area contributed by atoms with Gasteiger partial charge in [0.15, 0.2) is 5.65 Å². The lowest BCUT2D eigenvalue weighted by Crippen LogP contribution is -2.05. The predicted octanol–water partition coefficient (Wildman–Crippen LogP) is 5.12. The summed E-state index contributed by atoms with van der Waals surface area (Å²) in [4.78, 5) is 4.77. The number of aryl methyl sites for hydroxylation is 2. The molecule has 9 heteroatoms. The van der Waals surface area contributed by atoms with Crippen molar-refractivity contribution in [3.63, 3.8) is 0 Å². The number of fused-ring (bicyclic) bond motifs is 3. The standard InChI is InChI=1S/C23H18ClN5O2S/c1-14-10-15(2)12-17(11-14)25-21-19-13-16(24)8-9-20(19)29-22(26-21)23(27-28-29)32(30,31)18-6-4-3-5-7-18/h3-13H,1-2H3,(H,25,26). The van der Waals surface area contributed by atoms with Gasteiger partial charge in [0.25, 0.3) is 0 Å². The van der Waals surface area contributed by atoms with Crippen LogP contribution >= 0.6 is 11.6 Å². The van der Waals surface area contributed by atoms with Crippen LogP contribution in [0, 0.1) is 13.8 Å². The Balaban J connectivity index is 1.77. The number of nitrogens with zero attached hydrogens (tertiary/aromatic N) is 4. The van der Waals surface area contributed by atoms with Crippen LogP contribution < -0.4 is 5.32 Å². The third-order valence-corrected chi connectivity index (χ3v) is 6.97. The second-order valence-corrected chi connectivity index (χ2v) is 9.87. The Labute approximate surface area is 189 Å². The van der Waals surface area contributed by atoms with Crippen LogP contribution in [-0.2, 0) is 9.84 Å². The monoisotopic (exact) mass is 463 g/mol. The van der Waals surface area contributed by atoms with Crippen LogP contribution in [0.4, 0.5) is 11.5 Å². The van der Waals surface area contributed by atoms with Gasteiger partial charge in [0.1, 0.15) is 5.82 Å². The molecule has 0 aliphatic heterocycles. The van der Waals surface area contributed by atoms with E-state index < -0.39 is 9.84 Å². The maximum atomic E-state index is 13.3. The Kier molecular flexibility index (Phi) is 4.83. The Morgan fingerprint density at radius 3 is 2.38 bits per heavy atom. The molecule has 0 atom stereocenters. The van der Waals surface area contributed by atoms with E-state index in [2.05, 4.69) is 26.7 Å². The van der Waals surface area contributed by atoms with Crippen molar-refractivity contribution in [3.8, 4) is 0 Å². The Hall–Kier alpha value is -3.49. The molecule has 0 aliphatic carbocycles. The van der Waals surface area contributed by atoms with E-state index in [1.54, 1.807) is 36.4 Å². The summed E-state index contributed by atoms with van der Waals surface area (Å²) >= 11 is 6.26. The third-order valence-electron chi connectivity index (χ3n) is 5.07. The number of nitrogens with one attached hydrogen (secondary N) is 1. The maximum Gasteiger partial charge on any atom is 0.229 e. The molecular weight excluding hydrogens is 446 g/mol.